The fraction of sp³-hybridized carbons (Fsp3) is 0.562. The first kappa shape index (κ1) is 13.4. The Morgan fingerprint density at radius 1 is 1.40 bits per heavy atom. The molecule has 1 aliphatic carbocycles. The molecule has 0 atom stereocenters. The molecule has 4 heteroatoms. The average molecular weight is 272 g/mol. The second-order valence-corrected chi connectivity index (χ2v) is 6.34. The van der Waals surface area contributed by atoms with Crippen molar-refractivity contribution in [1.29, 1.82) is 5.41 Å². The van der Waals surface area contributed by atoms with E-state index in [-0.39, 0.29) is 0 Å². The lowest BCUT2D eigenvalue weighted by atomic mass is 9.61. The van der Waals surface area contributed by atoms with Crippen molar-refractivity contribution in [2.45, 2.75) is 25.8 Å². The zero-order valence-electron chi connectivity index (χ0n) is 12.6. The summed E-state index contributed by atoms with van der Waals surface area (Å²) in [6.07, 6.45) is 4.02. The number of hydrogen-bond acceptors (Lipinski definition) is 4. The van der Waals surface area contributed by atoms with E-state index in [9.17, 15) is 0 Å². The maximum Gasteiger partial charge on any atom is 0.0477 e. The van der Waals surface area contributed by atoms with Crippen LogP contribution in [0.1, 0.15) is 24.0 Å². The van der Waals surface area contributed by atoms with Gasteiger partial charge >= 0.3 is 0 Å². The Balaban J connectivity index is 1.81. The van der Waals surface area contributed by atoms with Crippen LogP contribution in [0.25, 0.3) is 0 Å². The van der Waals surface area contributed by atoms with Crippen molar-refractivity contribution in [3.8, 4) is 0 Å². The molecule has 1 heterocycles. The predicted molar refractivity (Wildman–Crippen MR) is 85.3 cm³/mol. The lowest BCUT2D eigenvalue weighted by molar-refractivity contribution is 0.0373. The number of benzene rings is 1. The third-order valence-corrected chi connectivity index (χ3v) is 5.14. The Labute approximate surface area is 121 Å². The molecule has 1 spiro atoms. The van der Waals surface area contributed by atoms with Crippen LogP contribution in [0.2, 0.25) is 0 Å². The van der Waals surface area contributed by atoms with Gasteiger partial charge in [-0.25, -0.2) is 0 Å². The summed E-state index contributed by atoms with van der Waals surface area (Å²) in [5.74, 6) is 0. The minimum atomic E-state index is 0.605. The molecule has 3 rings (SSSR count). The summed E-state index contributed by atoms with van der Waals surface area (Å²) in [5.41, 5.74) is 5.16. The van der Waals surface area contributed by atoms with Crippen molar-refractivity contribution in [2.75, 3.05) is 37.4 Å². The number of nitrogens with one attached hydrogen (secondary N) is 3. The van der Waals surface area contributed by atoms with Crippen molar-refractivity contribution in [1.82, 2.24) is 5.32 Å². The largest absolute Gasteiger partial charge is 0.387 e. The van der Waals surface area contributed by atoms with Gasteiger partial charge in [0.2, 0.25) is 0 Å². The van der Waals surface area contributed by atoms with Gasteiger partial charge in [-0.05, 0) is 42.9 Å². The lowest BCUT2D eigenvalue weighted by Gasteiger charge is -2.57. The molecule has 1 saturated carbocycles. The van der Waals surface area contributed by atoms with E-state index in [1.165, 1.54) is 43.4 Å². The van der Waals surface area contributed by atoms with E-state index in [2.05, 4.69) is 35.6 Å². The predicted octanol–water partition coefficient (Wildman–Crippen LogP) is 2.22. The summed E-state index contributed by atoms with van der Waals surface area (Å²) < 4.78 is 0. The molecule has 0 amide bonds. The molecule has 1 aromatic rings. The lowest BCUT2D eigenvalue weighted by Crippen LogP contribution is -2.64. The van der Waals surface area contributed by atoms with Crippen LogP contribution in [0, 0.1) is 17.7 Å². The summed E-state index contributed by atoms with van der Waals surface area (Å²) >= 11 is 0. The van der Waals surface area contributed by atoms with Crippen LogP contribution in [0.3, 0.4) is 0 Å². The second kappa shape index (κ2) is 4.77. The second-order valence-electron chi connectivity index (χ2n) is 6.34. The molecule has 0 bridgehead atoms. The van der Waals surface area contributed by atoms with E-state index < -0.39 is 0 Å². The van der Waals surface area contributed by atoms with E-state index >= 15 is 0 Å². The van der Waals surface area contributed by atoms with Gasteiger partial charge in [-0.15, -0.1) is 0 Å². The van der Waals surface area contributed by atoms with Gasteiger partial charge in [0.25, 0.3) is 0 Å². The Kier molecular flexibility index (Phi) is 3.21. The average Bonchev–Trinajstić information content (AvgIpc) is 2.34. The molecule has 0 aromatic heterocycles. The van der Waals surface area contributed by atoms with Crippen molar-refractivity contribution >= 4 is 17.6 Å². The normalized spacial score (nSPS) is 20.1. The van der Waals surface area contributed by atoms with Gasteiger partial charge in [-0.1, -0.05) is 0 Å². The highest BCUT2D eigenvalue weighted by molar-refractivity contribution is 5.89. The molecule has 108 valence electrons. The molecule has 3 N–H and O–H groups in total. The Morgan fingerprint density at radius 3 is 2.60 bits per heavy atom. The summed E-state index contributed by atoms with van der Waals surface area (Å²) in [5, 5.41) is 14.1. The molecule has 20 heavy (non-hydrogen) atoms. The van der Waals surface area contributed by atoms with E-state index in [4.69, 9.17) is 5.41 Å². The maximum absolute atomic E-state index is 7.49. The number of nitrogens with zero attached hydrogens (tertiary/aromatic N) is 1. The van der Waals surface area contributed by atoms with Gasteiger partial charge < -0.3 is 20.9 Å². The fourth-order valence-electron chi connectivity index (χ4n) is 3.73. The number of anilines is 2. The third kappa shape index (κ3) is 1.90. The van der Waals surface area contributed by atoms with Crippen LogP contribution in [0.5, 0.6) is 0 Å². The number of hydrogen-bond donors (Lipinski definition) is 3. The minimum Gasteiger partial charge on any atom is -0.387 e. The van der Waals surface area contributed by atoms with Crippen molar-refractivity contribution in [2.24, 2.45) is 5.41 Å². The van der Waals surface area contributed by atoms with Crippen molar-refractivity contribution in [3.63, 3.8) is 0 Å². The molecule has 0 radical (unpaired) electrons. The molecular weight excluding hydrogens is 248 g/mol. The molecule has 0 unspecified atom stereocenters. The standard InChI is InChI=1S/C16H24N4/c1-11-14(5-4-12(8-17)15(11)18-2)20(3)13-6-16(7-13)9-19-10-16/h4-5,8,13,17-19H,6-7,9-10H2,1-3H3. The van der Waals surface area contributed by atoms with Gasteiger partial charge in [0, 0.05) is 56.4 Å². The van der Waals surface area contributed by atoms with Gasteiger partial charge in [0.05, 0.1) is 0 Å². The molecule has 2 fully saturated rings. The van der Waals surface area contributed by atoms with E-state index in [0.717, 1.165) is 11.3 Å². The van der Waals surface area contributed by atoms with E-state index in [1.54, 1.807) is 0 Å². The highest BCUT2D eigenvalue weighted by Gasteiger charge is 2.49. The smallest absolute Gasteiger partial charge is 0.0477 e. The first-order chi connectivity index (χ1) is 9.60. The topological polar surface area (TPSA) is 51.2 Å². The van der Waals surface area contributed by atoms with Crippen LogP contribution >= 0.6 is 0 Å². The molecule has 1 aliphatic heterocycles. The van der Waals surface area contributed by atoms with Crippen LogP contribution in [-0.4, -0.2) is 39.4 Å². The Bertz CT molecular complexity index is 526. The monoisotopic (exact) mass is 272 g/mol. The minimum absolute atomic E-state index is 0.605. The number of rotatable bonds is 4. The molecule has 2 aliphatic rings. The zero-order chi connectivity index (χ0) is 14.3. The van der Waals surface area contributed by atoms with Gasteiger partial charge in [0.15, 0.2) is 0 Å². The van der Waals surface area contributed by atoms with Crippen LogP contribution in [-0.2, 0) is 0 Å². The fourth-order valence-corrected chi connectivity index (χ4v) is 3.73. The van der Waals surface area contributed by atoms with Crippen LogP contribution in [0.4, 0.5) is 11.4 Å². The highest BCUT2D eigenvalue weighted by Crippen LogP contribution is 2.47. The zero-order valence-corrected chi connectivity index (χ0v) is 12.6. The van der Waals surface area contributed by atoms with E-state index in [0.29, 0.717) is 11.5 Å². The van der Waals surface area contributed by atoms with Crippen LogP contribution in [0.15, 0.2) is 12.1 Å². The molecule has 1 aromatic carbocycles. The third-order valence-electron chi connectivity index (χ3n) is 5.14. The summed E-state index contributed by atoms with van der Waals surface area (Å²) in [6.45, 7) is 4.54. The Hall–Kier alpha value is -1.55. The van der Waals surface area contributed by atoms with Crippen molar-refractivity contribution in [3.05, 3.63) is 23.3 Å². The SMILES string of the molecule is CNc1c(C=N)ccc(N(C)C2CC3(CNC3)C2)c1C. The quantitative estimate of drug-likeness (QED) is 0.737. The first-order valence-electron chi connectivity index (χ1n) is 7.35. The summed E-state index contributed by atoms with van der Waals surface area (Å²) in [6, 6.07) is 4.85. The summed E-state index contributed by atoms with van der Waals surface area (Å²) in [7, 11) is 4.13. The molecule has 1 saturated heterocycles. The molecular formula is C16H24N4. The summed E-state index contributed by atoms with van der Waals surface area (Å²) in [4.78, 5) is 2.42. The first-order valence-corrected chi connectivity index (χ1v) is 7.35. The van der Waals surface area contributed by atoms with Gasteiger partial charge in [-0.2, -0.15) is 0 Å². The van der Waals surface area contributed by atoms with Gasteiger partial charge in [0.1, 0.15) is 0 Å². The van der Waals surface area contributed by atoms with E-state index in [1.807, 2.05) is 13.1 Å². The van der Waals surface area contributed by atoms with Crippen LogP contribution < -0.4 is 15.5 Å². The van der Waals surface area contributed by atoms with Crippen molar-refractivity contribution < 1.29 is 0 Å². The maximum atomic E-state index is 7.49. The van der Waals surface area contributed by atoms with Gasteiger partial charge in [-0.3, -0.25) is 0 Å². The Morgan fingerprint density at radius 2 is 2.10 bits per heavy atom. The highest BCUT2D eigenvalue weighted by atomic mass is 15.2. The molecule has 4 nitrogen and oxygen atoms in total.